The number of carbonyl (C=O) groups is 1. The normalized spacial score (nSPS) is 18.2. The third-order valence-electron chi connectivity index (χ3n) is 5.00. The lowest BCUT2D eigenvalue weighted by molar-refractivity contribution is -0.126. The minimum absolute atomic E-state index is 0.0911. The van der Waals surface area contributed by atoms with E-state index in [4.69, 9.17) is 0 Å². The van der Waals surface area contributed by atoms with Crippen LogP contribution >= 0.6 is 27.7 Å². The summed E-state index contributed by atoms with van der Waals surface area (Å²) in [6.45, 7) is 2.60. The van der Waals surface area contributed by atoms with Crippen molar-refractivity contribution in [3.63, 3.8) is 0 Å². The van der Waals surface area contributed by atoms with Crippen molar-refractivity contribution in [2.24, 2.45) is 10.2 Å². The van der Waals surface area contributed by atoms with Gasteiger partial charge < -0.3 is 0 Å². The van der Waals surface area contributed by atoms with E-state index < -0.39 is 0 Å². The SMILES string of the molecule is CCC[C@@H]1S/C(=N\N=C/c2ccc(Br)cc2)N(Cc2cccc3ccccc23)C1=O. The molecule has 1 fully saturated rings. The van der Waals surface area contributed by atoms with Gasteiger partial charge in [0.1, 0.15) is 0 Å². The van der Waals surface area contributed by atoms with Crippen molar-refractivity contribution in [1.82, 2.24) is 4.90 Å². The van der Waals surface area contributed by atoms with E-state index in [0.29, 0.717) is 11.7 Å². The second-order valence-corrected chi connectivity index (χ2v) is 9.22. The Labute approximate surface area is 189 Å². The number of rotatable bonds is 6. The Kier molecular flexibility index (Phi) is 6.65. The molecule has 0 aliphatic carbocycles. The number of amides is 1. The molecule has 30 heavy (non-hydrogen) atoms. The molecule has 0 N–H and O–H groups in total. The maximum absolute atomic E-state index is 13.1. The summed E-state index contributed by atoms with van der Waals surface area (Å²) in [5.41, 5.74) is 2.08. The van der Waals surface area contributed by atoms with Crippen LogP contribution in [-0.4, -0.2) is 27.4 Å². The van der Waals surface area contributed by atoms with Crippen molar-refractivity contribution in [3.8, 4) is 0 Å². The van der Waals surface area contributed by atoms with E-state index in [1.54, 1.807) is 11.1 Å². The number of hydrogen-bond acceptors (Lipinski definition) is 4. The molecule has 1 amide bonds. The first kappa shape index (κ1) is 20.8. The molecule has 3 aromatic carbocycles. The van der Waals surface area contributed by atoms with Gasteiger partial charge in [-0.05, 0) is 40.5 Å². The monoisotopic (exact) mass is 479 g/mol. The lowest BCUT2D eigenvalue weighted by Crippen LogP contribution is -2.31. The van der Waals surface area contributed by atoms with Crippen LogP contribution in [-0.2, 0) is 11.3 Å². The summed E-state index contributed by atoms with van der Waals surface area (Å²) < 4.78 is 1.02. The van der Waals surface area contributed by atoms with Crippen molar-refractivity contribution in [1.29, 1.82) is 0 Å². The molecule has 0 bridgehead atoms. The van der Waals surface area contributed by atoms with Crippen molar-refractivity contribution in [2.45, 2.75) is 31.6 Å². The average molecular weight is 480 g/mol. The predicted molar refractivity (Wildman–Crippen MR) is 130 cm³/mol. The summed E-state index contributed by atoms with van der Waals surface area (Å²) in [5.74, 6) is 0.118. The Hall–Kier alpha value is -2.44. The third-order valence-corrected chi connectivity index (χ3v) is 6.76. The highest BCUT2D eigenvalue weighted by atomic mass is 79.9. The number of amidine groups is 1. The Morgan fingerprint density at radius 1 is 1.07 bits per heavy atom. The zero-order chi connectivity index (χ0) is 20.9. The van der Waals surface area contributed by atoms with Gasteiger partial charge in [0.15, 0.2) is 5.17 Å². The van der Waals surface area contributed by atoms with Crippen molar-refractivity contribution in [2.75, 3.05) is 0 Å². The first-order valence-corrected chi connectivity index (χ1v) is 11.6. The van der Waals surface area contributed by atoms with Crippen LogP contribution in [0.5, 0.6) is 0 Å². The standard InChI is InChI=1S/C24H22BrN3OS/c1-2-6-22-23(29)28(16-19-9-5-8-18-7-3-4-10-21(18)19)24(30-22)27-26-15-17-11-13-20(25)14-12-17/h3-5,7-15,22H,2,6,16H2,1H3/b26-15-,27-24-/t22-/m0/s1. The fraction of sp³-hybridized carbons (Fsp3) is 0.208. The smallest absolute Gasteiger partial charge is 0.242 e. The fourth-order valence-corrected chi connectivity index (χ4v) is 4.95. The number of carbonyl (C=O) groups excluding carboxylic acids is 1. The van der Waals surface area contributed by atoms with Gasteiger partial charge in [0.2, 0.25) is 5.91 Å². The maximum atomic E-state index is 13.1. The average Bonchev–Trinajstić information content (AvgIpc) is 3.05. The topological polar surface area (TPSA) is 45.0 Å². The highest BCUT2D eigenvalue weighted by molar-refractivity contribution is 9.10. The highest BCUT2D eigenvalue weighted by Crippen LogP contribution is 2.32. The van der Waals surface area contributed by atoms with E-state index in [2.05, 4.69) is 57.3 Å². The lowest BCUT2D eigenvalue weighted by atomic mass is 10.0. The van der Waals surface area contributed by atoms with Gasteiger partial charge in [-0.25, -0.2) is 0 Å². The molecule has 1 saturated heterocycles. The summed E-state index contributed by atoms with van der Waals surface area (Å²) in [6, 6.07) is 22.3. The van der Waals surface area contributed by atoms with E-state index in [1.165, 1.54) is 17.1 Å². The molecule has 0 unspecified atom stereocenters. The molecule has 1 atom stereocenters. The van der Waals surface area contributed by atoms with E-state index in [1.807, 2.05) is 42.5 Å². The first-order chi connectivity index (χ1) is 14.7. The molecule has 6 heteroatoms. The lowest BCUT2D eigenvalue weighted by Gasteiger charge is -2.17. The van der Waals surface area contributed by atoms with Crippen LogP contribution < -0.4 is 0 Å². The first-order valence-electron chi connectivity index (χ1n) is 9.97. The minimum atomic E-state index is -0.0911. The number of hydrogen-bond donors (Lipinski definition) is 0. The van der Waals surface area contributed by atoms with Gasteiger partial charge in [0, 0.05) is 4.47 Å². The van der Waals surface area contributed by atoms with Gasteiger partial charge in [-0.2, -0.15) is 5.10 Å². The molecule has 1 heterocycles. The Morgan fingerprint density at radius 3 is 2.63 bits per heavy atom. The van der Waals surface area contributed by atoms with Crippen LogP contribution in [0.4, 0.5) is 0 Å². The number of fused-ring (bicyclic) bond motifs is 1. The number of benzene rings is 3. The van der Waals surface area contributed by atoms with Gasteiger partial charge in [-0.3, -0.25) is 9.69 Å². The fourth-order valence-electron chi connectivity index (χ4n) is 3.47. The van der Waals surface area contributed by atoms with Gasteiger partial charge in [-0.1, -0.05) is 95.6 Å². The Bertz CT molecular complexity index is 1110. The molecule has 4 nitrogen and oxygen atoms in total. The third kappa shape index (κ3) is 4.65. The van der Waals surface area contributed by atoms with Gasteiger partial charge in [-0.15, -0.1) is 5.10 Å². The molecular weight excluding hydrogens is 458 g/mol. The molecule has 0 spiro atoms. The van der Waals surface area contributed by atoms with Crippen molar-refractivity contribution >= 4 is 55.8 Å². The minimum Gasteiger partial charge on any atom is -0.284 e. The predicted octanol–water partition coefficient (Wildman–Crippen LogP) is 6.24. The summed E-state index contributed by atoms with van der Waals surface area (Å²) in [4.78, 5) is 14.9. The van der Waals surface area contributed by atoms with E-state index in [-0.39, 0.29) is 11.2 Å². The maximum Gasteiger partial charge on any atom is 0.242 e. The summed E-state index contributed by atoms with van der Waals surface area (Å²) >= 11 is 4.95. The number of thioether (sulfide) groups is 1. The van der Waals surface area contributed by atoms with Crippen molar-refractivity contribution in [3.05, 3.63) is 82.3 Å². The molecule has 152 valence electrons. The molecule has 0 radical (unpaired) electrons. The molecule has 0 saturated carbocycles. The molecule has 1 aliphatic heterocycles. The quantitative estimate of drug-likeness (QED) is 0.310. The summed E-state index contributed by atoms with van der Waals surface area (Å²) in [5, 5.41) is 11.6. The van der Waals surface area contributed by atoms with Crippen LogP contribution in [0.25, 0.3) is 10.8 Å². The van der Waals surface area contributed by atoms with E-state index in [9.17, 15) is 4.79 Å². The van der Waals surface area contributed by atoms with Crippen LogP contribution in [0.15, 0.2) is 81.4 Å². The van der Waals surface area contributed by atoms with Crippen LogP contribution in [0.3, 0.4) is 0 Å². The molecule has 4 rings (SSSR count). The molecule has 3 aromatic rings. The van der Waals surface area contributed by atoms with E-state index in [0.717, 1.165) is 33.8 Å². The van der Waals surface area contributed by atoms with Gasteiger partial charge >= 0.3 is 0 Å². The van der Waals surface area contributed by atoms with Crippen LogP contribution in [0.1, 0.15) is 30.9 Å². The van der Waals surface area contributed by atoms with Crippen LogP contribution in [0, 0.1) is 0 Å². The van der Waals surface area contributed by atoms with Crippen molar-refractivity contribution < 1.29 is 4.79 Å². The van der Waals surface area contributed by atoms with Gasteiger partial charge in [0.05, 0.1) is 18.0 Å². The summed E-state index contributed by atoms with van der Waals surface area (Å²) in [7, 11) is 0. The second kappa shape index (κ2) is 9.58. The number of nitrogens with zero attached hydrogens (tertiary/aromatic N) is 3. The second-order valence-electron chi connectivity index (χ2n) is 7.14. The van der Waals surface area contributed by atoms with Gasteiger partial charge in [0.25, 0.3) is 0 Å². The molecule has 0 aromatic heterocycles. The molecule has 1 aliphatic rings. The van der Waals surface area contributed by atoms with E-state index >= 15 is 0 Å². The van der Waals surface area contributed by atoms with Crippen LogP contribution in [0.2, 0.25) is 0 Å². The zero-order valence-corrected chi connectivity index (χ0v) is 19.1. The zero-order valence-electron chi connectivity index (χ0n) is 16.7. The Balaban J connectivity index is 1.62. The Morgan fingerprint density at radius 2 is 1.83 bits per heavy atom. The largest absolute Gasteiger partial charge is 0.284 e. The number of halogens is 1. The molecular formula is C24H22BrN3OS. The summed E-state index contributed by atoms with van der Waals surface area (Å²) in [6.07, 6.45) is 3.51. The highest BCUT2D eigenvalue weighted by Gasteiger charge is 2.37.